The Labute approximate surface area is 174 Å². The van der Waals surface area contributed by atoms with Gasteiger partial charge < -0.3 is 20.1 Å². The number of ether oxygens (including phenoxy) is 2. The van der Waals surface area contributed by atoms with E-state index in [0.29, 0.717) is 6.42 Å². The van der Waals surface area contributed by atoms with Crippen molar-refractivity contribution in [2.75, 3.05) is 47.4 Å². The molecule has 0 spiro atoms. The molecule has 2 N–H and O–H groups in total. The van der Waals surface area contributed by atoms with E-state index in [-0.39, 0.29) is 12.0 Å². The van der Waals surface area contributed by atoms with Gasteiger partial charge in [-0.3, -0.25) is 14.7 Å². The first-order valence-corrected chi connectivity index (χ1v) is 10.6. The molecule has 0 aromatic heterocycles. The summed E-state index contributed by atoms with van der Waals surface area (Å²) in [7, 11) is 4.93. The fourth-order valence-corrected chi connectivity index (χ4v) is 3.65. The summed E-state index contributed by atoms with van der Waals surface area (Å²) in [6.45, 7) is 3.86. The first-order valence-electron chi connectivity index (χ1n) is 10.6. The van der Waals surface area contributed by atoms with Crippen LogP contribution in [0.4, 0.5) is 0 Å². The molecule has 1 fully saturated rings. The monoisotopic (exact) mass is 404 g/mol. The Morgan fingerprint density at radius 3 is 2.66 bits per heavy atom. The Bertz CT molecular complexity index is 645. The number of aliphatic imine (C=N–C) groups is 1. The van der Waals surface area contributed by atoms with Gasteiger partial charge in [-0.25, -0.2) is 0 Å². The van der Waals surface area contributed by atoms with Gasteiger partial charge in [-0.1, -0.05) is 18.6 Å². The maximum absolute atomic E-state index is 11.1. The molecule has 0 saturated carbocycles. The maximum atomic E-state index is 11.1. The molecule has 0 bridgehead atoms. The highest BCUT2D eigenvalue weighted by Gasteiger charge is 2.24. The van der Waals surface area contributed by atoms with Crippen LogP contribution >= 0.6 is 0 Å². The first kappa shape index (κ1) is 23.0. The molecule has 1 aromatic rings. The molecule has 0 aliphatic carbocycles. The van der Waals surface area contributed by atoms with Crippen LogP contribution in [-0.2, 0) is 9.53 Å². The standard InChI is InChI=1S/C22H36N4O3/c1-23-22(24-13-6-4-5-12-21(27)29-3)25-17-20(26-14-7-8-15-26)18-10-9-11-19(16-18)28-2/h9-11,16,20H,4-8,12-15,17H2,1-3H3,(H2,23,24,25). The van der Waals surface area contributed by atoms with Crippen molar-refractivity contribution < 1.29 is 14.3 Å². The second kappa shape index (κ2) is 13.0. The van der Waals surface area contributed by atoms with Crippen molar-refractivity contribution in [1.82, 2.24) is 15.5 Å². The minimum absolute atomic E-state index is 0.138. The summed E-state index contributed by atoms with van der Waals surface area (Å²) < 4.78 is 10.1. The highest BCUT2D eigenvalue weighted by molar-refractivity contribution is 5.79. The molecule has 1 aliphatic heterocycles. The van der Waals surface area contributed by atoms with E-state index in [4.69, 9.17) is 4.74 Å². The van der Waals surface area contributed by atoms with Crippen LogP contribution in [0.15, 0.2) is 29.3 Å². The fourth-order valence-electron chi connectivity index (χ4n) is 3.65. The van der Waals surface area contributed by atoms with Gasteiger partial charge in [0, 0.05) is 26.6 Å². The second-order valence-corrected chi connectivity index (χ2v) is 7.30. The zero-order valence-corrected chi connectivity index (χ0v) is 18.1. The molecule has 7 heteroatoms. The Hall–Kier alpha value is -2.28. The number of hydrogen-bond donors (Lipinski definition) is 2. The Morgan fingerprint density at radius 1 is 1.17 bits per heavy atom. The van der Waals surface area contributed by atoms with Crippen LogP contribution in [0.1, 0.15) is 50.1 Å². The van der Waals surface area contributed by atoms with Gasteiger partial charge in [-0.05, 0) is 56.5 Å². The number of unbranched alkanes of at least 4 members (excludes halogenated alkanes) is 2. The van der Waals surface area contributed by atoms with Gasteiger partial charge in [-0.15, -0.1) is 0 Å². The highest BCUT2D eigenvalue weighted by atomic mass is 16.5. The Morgan fingerprint density at radius 2 is 1.97 bits per heavy atom. The van der Waals surface area contributed by atoms with Crippen LogP contribution in [0.2, 0.25) is 0 Å². The van der Waals surface area contributed by atoms with Gasteiger partial charge in [0.15, 0.2) is 5.96 Å². The van der Waals surface area contributed by atoms with Crippen LogP contribution in [0.25, 0.3) is 0 Å². The summed E-state index contributed by atoms with van der Waals surface area (Å²) in [6.07, 6.45) is 5.81. The topological polar surface area (TPSA) is 75.2 Å². The van der Waals surface area contributed by atoms with Crippen LogP contribution in [0.5, 0.6) is 5.75 Å². The third kappa shape index (κ3) is 7.93. The molecule has 162 valence electrons. The number of guanidine groups is 1. The summed E-state index contributed by atoms with van der Waals surface area (Å²) in [5.41, 5.74) is 1.26. The molecule has 0 amide bonds. The predicted molar refractivity (Wildman–Crippen MR) is 116 cm³/mol. The van der Waals surface area contributed by atoms with E-state index in [1.807, 2.05) is 6.07 Å². The van der Waals surface area contributed by atoms with E-state index in [9.17, 15) is 4.79 Å². The number of carbonyl (C=O) groups is 1. The number of methoxy groups -OCH3 is 2. The third-order valence-electron chi connectivity index (χ3n) is 5.32. The normalized spacial score (nSPS) is 15.8. The summed E-state index contributed by atoms with van der Waals surface area (Å²) in [5, 5.41) is 6.85. The lowest BCUT2D eigenvalue weighted by Gasteiger charge is -2.29. The number of rotatable bonds is 11. The van der Waals surface area contributed by atoms with Gasteiger partial charge in [-0.2, -0.15) is 0 Å². The maximum Gasteiger partial charge on any atom is 0.305 e. The SMILES string of the molecule is CN=C(NCCCCCC(=O)OC)NCC(c1cccc(OC)c1)N1CCCC1. The molecular weight excluding hydrogens is 368 g/mol. The number of likely N-dealkylation sites (tertiary alicyclic amines) is 1. The van der Waals surface area contributed by atoms with Gasteiger partial charge in [0.05, 0.1) is 20.3 Å². The molecule has 0 radical (unpaired) electrons. The van der Waals surface area contributed by atoms with Crippen LogP contribution in [-0.4, -0.2) is 64.3 Å². The molecule has 1 aromatic carbocycles. The van der Waals surface area contributed by atoms with E-state index in [2.05, 4.69) is 43.5 Å². The molecule has 1 saturated heterocycles. The van der Waals surface area contributed by atoms with Gasteiger partial charge in [0.2, 0.25) is 0 Å². The van der Waals surface area contributed by atoms with Crippen molar-refractivity contribution in [3.05, 3.63) is 29.8 Å². The number of benzene rings is 1. The molecule has 1 atom stereocenters. The van der Waals surface area contributed by atoms with Gasteiger partial charge in [0.25, 0.3) is 0 Å². The van der Waals surface area contributed by atoms with E-state index in [1.54, 1.807) is 14.2 Å². The van der Waals surface area contributed by atoms with Crippen molar-refractivity contribution in [1.29, 1.82) is 0 Å². The molecular formula is C22H36N4O3. The van der Waals surface area contributed by atoms with Crippen molar-refractivity contribution >= 4 is 11.9 Å². The van der Waals surface area contributed by atoms with Crippen molar-refractivity contribution in [3.8, 4) is 5.75 Å². The smallest absolute Gasteiger partial charge is 0.305 e. The van der Waals surface area contributed by atoms with Gasteiger partial charge >= 0.3 is 5.97 Å². The summed E-state index contributed by atoms with van der Waals surface area (Å²) in [4.78, 5) is 18.0. The molecule has 7 nitrogen and oxygen atoms in total. The van der Waals surface area contributed by atoms with E-state index in [1.165, 1.54) is 25.5 Å². The minimum Gasteiger partial charge on any atom is -0.497 e. The van der Waals surface area contributed by atoms with E-state index < -0.39 is 0 Å². The predicted octanol–water partition coefficient (Wildman–Crippen LogP) is 2.73. The Kier molecular flexibility index (Phi) is 10.3. The zero-order chi connectivity index (χ0) is 20.9. The average molecular weight is 405 g/mol. The van der Waals surface area contributed by atoms with E-state index >= 15 is 0 Å². The lowest BCUT2D eigenvalue weighted by Crippen LogP contribution is -2.43. The largest absolute Gasteiger partial charge is 0.497 e. The lowest BCUT2D eigenvalue weighted by molar-refractivity contribution is -0.140. The quantitative estimate of drug-likeness (QED) is 0.256. The van der Waals surface area contributed by atoms with Crippen LogP contribution in [0, 0.1) is 0 Å². The van der Waals surface area contributed by atoms with Gasteiger partial charge in [0.1, 0.15) is 5.75 Å². The van der Waals surface area contributed by atoms with Crippen molar-refractivity contribution in [3.63, 3.8) is 0 Å². The van der Waals surface area contributed by atoms with Crippen LogP contribution < -0.4 is 15.4 Å². The zero-order valence-electron chi connectivity index (χ0n) is 18.1. The minimum atomic E-state index is -0.138. The summed E-state index contributed by atoms with van der Waals surface area (Å²) in [5.74, 6) is 1.56. The van der Waals surface area contributed by atoms with Crippen molar-refractivity contribution in [2.24, 2.45) is 4.99 Å². The lowest BCUT2D eigenvalue weighted by atomic mass is 10.1. The Balaban J connectivity index is 1.82. The molecule has 29 heavy (non-hydrogen) atoms. The number of nitrogens with one attached hydrogen (secondary N) is 2. The number of nitrogens with zero attached hydrogens (tertiary/aromatic N) is 2. The third-order valence-corrected chi connectivity index (χ3v) is 5.32. The van der Waals surface area contributed by atoms with Crippen LogP contribution in [0.3, 0.4) is 0 Å². The van der Waals surface area contributed by atoms with Crippen molar-refractivity contribution in [2.45, 2.75) is 44.6 Å². The number of carbonyl (C=O) groups excluding carboxylic acids is 1. The number of esters is 1. The molecule has 1 aliphatic rings. The molecule has 1 heterocycles. The number of hydrogen-bond acceptors (Lipinski definition) is 5. The second-order valence-electron chi connectivity index (χ2n) is 7.30. The summed E-state index contributed by atoms with van der Waals surface area (Å²) >= 11 is 0. The average Bonchev–Trinajstić information content (AvgIpc) is 3.29. The molecule has 1 unspecified atom stereocenters. The highest BCUT2D eigenvalue weighted by Crippen LogP contribution is 2.27. The molecule has 2 rings (SSSR count). The van der Waals surface area contributed by atoms with E-state index in [0.717, 1.165) is 57.2 Å². The fraction of sp³-hybridized carbons (Fsp3) is 0.636. The summed E-state index contributed by atoms with van der Waals surface area (Å²) in [6, 6.07) is 8.62. The first-order chi connectivity index (χ1) is 14.2.